The third kappa shape index (κ3) is 7.54. The summed E-state index contributed by atoms with van der Waals surface area (Å²) in [5, 5.41) is 25.9. The lowest BCUT2D eigenvalue weighted by atomic mass is 9.99. The maximum Gasteiger partial charge on any atom is 0.307 e. The van der Waals surface area contributed by atoms with Gasteiger partial charge in [0.2, 0.25) is 0 Å². The smallest absolute Gasteiger partial charge is 0.307 e. The highest BCUT2D eigenvalue weighted by molar-refractivity contribution is 5.77. The minimum absolute atomic E-state index is 0.105. The van der Waals surface area contributed by atoms with Gasteiger partial charge in [-0.25, -0.2) is 0 Å². The SMILES string of the molecule is O=C(O)CC(CCCCO[N+](=O)[O-])C(=O)O. The molecule has 16 heavy (non-hydrogen) atoms. The molecule has 92 valence electrons. The summed E-state index contributed by atoms with van der Waals surface area (Å²) in [6.07, 6.45) is 0.427. The van der Waals surface area contributed by atoms with Crippen LogP contribution in [-0.4, -0.2) is 33.8 Å². The van der Waals surface area contributed by atoms with Gasteiger partial charge in [-0.1, -0.05) is 6.42 Å². The van der Waals surface area contributed by atoms with Crippen molar-refractivity contribution >= 4 is 11.9 Å². The molecule has 0 aliphatic heterocycles. The van der Waals surface area contributed by atoms with Crippen LogP contribution in [0.15, 0.2) is 0 Å². The Labute approximate surface area is 90.9 Å². The third-order valence-electron chi connectivity index (χ3n) is 1.91. The van der Waals surface area contributed by atoms with Crippen LogP contribution in [0.25, 0.3) is 0 Å². The van der Waals surface area contributed by atoms with Crippen LogP contribution < -0.4 is 0 Å². The molecule has 0 heterocycles. The van der Waals surface area contributed by atoms with Gasteiger partial charge in [-0.05, 0) is 12.8 Å². The van der Waals surface area contributed by atoms with Crippen LogP contribution in [0.1, 0.15) is 25.7 Å². The summed E-state index contributed by atoms with van der Waals surface area (Å²) in [6.45, 7) is -0.105. The Morgan fingerprint density at radius 1 is 1.31 bits per heavy atom. The van der Waals surface area contributed by atoms with Gasteiger partial charge in [0.1, 0.15) is 0 Å². The van der Waals surface area contributed by atoms with E-state index in [0.29, 0.717) is 12.8 Å². The number of carbonyl (C=O) groups is 2. The Morgan fingerprint density at radius 2 is 1.94 bits per heavy atom. The largest absolute Gasteiger partial charge is 0.481 e. The lowest BCUT2D eigenvalue weighted by Gasteiger charge is -2.08. The summed E-state index contributed by atoms with van der Waals surface area (Å²) in [4.78, 5) is 34.7. The summed E-state index contributed by atoms with van der Waals surface area (Å²) in [5.74, 6) is -3.29. The molecule has 0 radical (unpaired) electrons. The van der Waals surface area contributed by atoms with Crippen LogP contribution in [0.5, 0.6) is 0 Å². The highest BCUT2D eigenvalue weighted by atomic mass is 16.9. The second-order valence-corrected chi connectivity index (χ2v) is 3.19. The predicted octanol–water partition coefficient (Wildman–Crippen LogP) is 0.540. The summed E-state index contributed by atoms with van der Waals surface area (Å²) >= 11 is 0. The average Bonchev–Trinajstić information content (AvgIpc) is 2.14. The lowest BCUT2D eigenvalue weighted by Crippen LogP contribution is -2.18. The molecule has 0 rings (SSSR count). The lowest BCUT2D eigenvalue weighted by molar-refractivity contribution is -0.757. The minimum atomic E-state index is -1.17. The molecule has 2 N–H and O–H groups in total. The van der Waals surface area contributed by atoms with Crippen LogP contribution in [-0.2, 0) is 14.4 Å². The minimum Gasteiger partial charge on any atom is -0.481 e. The molecular weight excluding hydrogens is 222 g/mol. The number of hydrogen-bond acceptors (Lipinski definition) is 5. The number of unbranched alkanes of at least 4 members (excludes halogenated alkanes) is 1. The standard InChI is InChI=1S/C8H13NO7/c10-7(11)5-6(8(12)13)3-1-2-4-16-9(14)15/h6H,1-5H2,(H,10,11)(H,12,13). The van der Waals surface area contributed by atoms with Crippen molar-refractivity contribution in [3.05, 3.63) is 10.1 Å². The van der Waals surface area contributed by atoms with E-state index in [2.05, 4.69) is 4.84 Å². The van der Waals surface area contributed by atoms with Gasteiger partial charge in [0.25, 0.3) is 5.09 Å². The molecule has 0 saturated heterocycles. The van der Waals surface area contributed by atoms with Crippen LogP contribution in [0.2, 0.25) is 0 Å². The van der Waals surface area contributed by atoms with Gasteiger partial charge in [0.05, 0.1) is 18.9 Å². The van der Waals surface area contributed by atoms with E-state index in [-0.39, 0.29) is 13.0 Å². The van der Waals surface area contributed by atoms with Gasteiger partial charge < -0.3 is 15.1 Å². The average molecular weight is 235 g/mol. The van der Waals surface area contributed by atoms with Crippen molar-refractivity contribution in [3.8, 4) is 0 Å². The summed E-state index contributed by atoms with van der Waals surface area (Å²) in [5.41, 5.74) is 0. The zero-order chi connectivity index (χ0) is 12.6. The highest BCUT2D eigenvalue weighted by Gasteiger charge is 2.20. The van der Waals surface area contributed by atoms with Crippen molar-refractivity contribution in [1.82, 2.24) is 0 Å². The van der Waals surface area contributed by atoms with Crippen LogP contribution in [0.4, 0.5) is 0 Å². The van der Waals surface area contributed by atoms with E-state index in [1.807, 2.05) is 0 Å². The van der Waals surface area contributed by atoms with Crippen LogP contribution in [0, 0.1) is 16.0 Å². The number of aliphatic carboxylic acids is 2. The van der Waals surface area contributed by atoms with Gasteiger partial charge in [-0.15, -0.1) is 10.1 Å². The van der Waals surface area contributed by atoms with Crippen molar-refractivity contribution in [2.45, 2.75) is 25.7 Å². The topological polar surface area (TPSA) is 127 Å². The zero-order valence-electron chi connectivity index (χ0n) is 8.50. The van der Waals surface area contributed by atoms with Crippen LogP contribution in [0.3, 0.4) is 0 Å². The number of carboxylic acid groups (broad SMARTS) is 2. The molecule has 0 aromatic carbocycles. The molecule has 0 fully saturated rings. The van der Waals surface area contributed by atoms with Crippen molar-refractivity contribution in [2.75, 3.05) is 6.61 Å². The van der Waals surface area contributed by atoms with Gasteiger partial charge in [-0.2, -0.15) is 0 Å². The molecule has 0 spiro atoms. The van der Waals surface area contributed by atoms with E-state index in [4.69, 9.17) is 10.2 Å². The molecule has 0 saturated carbocycles. The zero-order valence-corrected chi connectivity index (χ0v) is 8.50. The molecule has 0 amide bonds. The summed E-state index contributed by atoms with van der Waals surface area (Å²) in [7, 11) is 0. The first-order chi connectivity index (χ1) is 7.43. The van der Waals surface area contributed by atoms with Crippen molar-refractivity contribution in [3.63, 3.8) is 0 Å². The highest BCUT2D eigenvalue weighted by Crippen LogP contribution is 2.13. The van der Waals surface area contributed by atoms with E-state index in [0.717, 1.165) is 0 Å². The molecule has 1 atom stereocenters. The first kappa shape index (κ1) is 14.1. The quantitative estimate of drug-likeness (QED) is 0.339. The molecule has 0 aromatic heterocycles. The number of nitrogens with zero attached hydrogens (tertiary/aromatic N) is 1. The molecule has 0 aromatic rings. The van der Waals surface area contributed by atoms with Crippen LogP contribution >= 0.6 is 0 Å². The van der Waals surface area contributed by atoms with E-state index in [9.17, 15) is 19.7 Å². The normalized spacial score (nSPS) is 11.8. The predicted molar refractivity (Wildman–Crippen MR) is 50.2 cm³/mol. The Kier molecular flexibility index (Phi) is 6.57. The Morgan fingerprint density at radius 3 is 2.38 bits per heavy atom. The van der Waals surface area contributed by atoms with Crippen molar-refractivity contribution < 1.29 is 29.7 Å². The Balaban J connectivity index is 3.72. The molecule has 8 nitrogen and oxygen atoms in total. The van der Waals surface area contributed by atoms with Gasteiger partial charge in [-0.3, -0.25) is 9.59 Å². The van der Waals surface area contributed by atoms with E-state index in [1.54, 1.807) is 0 Å². The monoisotopic (exact) mass is 235 g/mol. The summed E-state index contributed by atoms with van der Waals surface area (Å²) < 4.78 is 0. The second kappa shape index (κ2) is 7.43. The van der Waals surface area contributed by atoms with E-state index >= 15 is 0 Å². The fourth-order valence-corrected chi connectivity index (χ4v) is 1.16. The van der Waals surface area contributed by atoms with E-state index in [1.165, 1.54) is 0 Å². The van der Waals surface area contributed by atoms with Crippen molar-refractivity contribution in [2.24, 2.45) is 5.92 Å². The maximum atomic E-state index is 10.6. The first-order valence-corrected chi connectivity index (χ1v) is 4.65. The van der Waals surface area contributed by atoms with E-state index < -0.39 is 29.4 Å². The fourth-order valence-electron chi connectivity index (χ4n) is 1.16. The third-order valence-corrected chi connectivity index (χ3v) is 1.91. The Bertz CT molecular complexity index is 265. The Hall–Kier alpha value is -1.86. The molecule has 0 bridgehead atoms. The van der Waals surface area contributed by atoms with Gasteiger partial charge >= 0.3 is 11.9 Å². The van der Waals surface area contributed by atoms with Crippen molar-refractivity contribution in [1.29, 1.82) is 0 Å². The van der Waals surface area contributed by atoms with Gasteiger partial charge in [0, 0.05) is 0 Å². The fraction of sp³-hybridized carbons (Fsp3) is 0.750. The molecule has 0 aliphatic rings. The first-order valence-electron chi connectivity index (χ1n) is 4.65. The number of carboxylic acids is 2. The van der Waals surface area contributed by atoms with Gasteiger partial charge in [0.15, 0.2) is 0 Å². The molecule has 1 unspecified atom stereocenters. The molecule has 8 heteroatoms. The number of rotatable bonds is 9. The maximum absolute atomic E-state index is 10.6. The molecular formula is C8H13NO7. The number of hydrogen-bond donors (Lipinski definition) is 2. The summed E-state index contributed by atoms with van der Waals surface area (Å²) in [6, 6.07) is 0. The second-order valence-electron chi connectivity index (χ2n) is 3.19. The molecule has 0 aliphatic carbocycles.